The number of aryl methyl sites for hydroxylation is 1. The van der Waals surface area contributed by atoms with E-state index in [0.29, 0.717) is 4.60 Å². The lowest BCUT2D eigenvalue weighted by Gasteiger charge is -2.20. The van der Waals surface area contributed by atoms with Crippen molar-refractivity contribution in [3.8, 4) is 5.75 Å². The van der Waals surface area contributed by atoms with Gasteiger partial charge in [-0.05, 0) is 46.6 Å². The van der Waals surface area contributed by atoms with Crippen molar-refractivity contribution in [3.63, 3.8) is 0 Å². The third kappa shape index (κ3) is 3.41. The van der Waals surface area contributed by atoms with Gasteiger partial charge in [0.05, 0.1) is 18.8 Å². The molecule has 1 N–H and O–H groups in total. The zero-order valence-corrected chi connectivity index (χ0v) is 13.8. The fraction of sp³-hybridized carbons (Fsp3) is 0.429. The highest BCUT2D eigenvalue weighted by Crippen LogP contribution is 2.30. The molecule has 7 heteroatoms. The number of nitrogens with one attached hydrogen (secondary N) is 1. The molecule has 0 aliphatic heterocycles. The number of halogens is 2. The van der Waals surface area contributed by atoms with Crippen molar-refractivity contribution in [2.24, 2.45) is 7.05 Å². The summed E-state index contributed by atoms with van der Waals surface area (Å²) in [5.41, 5.74) is 1.78. The van der Waals surface area contributed by atoms with Crippen LogP contribution < -0.4 is 10.1 Å². The Morgan fingerprint density at radius 2 is 2.24 bits per heavy atom. The Kier molecular flexibility index (Phi) is 5.30. The third-order valence-corrected chi connectivity index (χ3v) is 3.77. The molecule has 2 aromatic rings. The summed E-state index contributed by atoms with van der Waals surface area (Å²) in [4.78, 5) is 0. The topological polar surface area (TPSA) is 52.0 Å². The van der Waals surface area contributed by atoms with Gasteiger partial charge in [-0.3, -0.25) is 0 Å². The predicted octanol–water partition coefficient (Wildman–Crippen LogP) is 2.81. The molecule has 5 nitrogen and oxygen atoms in total. The summed E-state index contributed by atoms with van der Waals surface area (Å²) in [6.45, 7) is 2.91. The lowest BCUT2D eigenvalue weighted by Crippen LogP contribution is -2.25. The van der Waals surface area contributed by atoms with Gasteiger partial charge in [0.15, 0.2) is 16.2 Å². The van der Waals surface area contributed by atoms with Crippen LogP contribution in [0.15, 0.2) is 22.8 Å². The molecule has 0 spiro atoms. The van der Waals surface area contributed by atoms with Gasteiger partial charge in [0.2, 0.25) is 0 Å². The molecular formula is C14H18BrFN4O. The lowest BCUT2D eigenvalue weighted by molar-refractivity contribution is 0.385. The van der Waals surface area contributed by atoms with Crippen molar-refractivity contribution in [1.82, 2.24) is 20.3 Å². The molecule has 0 bridgehead atoms. The predicted molar refractivity (Wildman–Crippen MR) is 81.8 cm³/mol. The average molecular weight is 357 g/mol. The Morgan fingerprint density at radius 1 is 1.48 bits per heavy atom. The van der Waals surface area contributed by atoms with Gasteiger partial charge in [-0.15, -0.1) is 5.10 Å². The van der Waals surface area contributed by atoms with E-state index in [4.69, 9.17) is 4.74 Å². The van der Waals surface area contributed by atoms with Crippen molar-refractivity contribution in [1.29, 1.82) is 0 Å². The second-order valence-electron chi connectivity index (χ2n) is 4.67. The van der Waals surface area contributed by atoms with E-state index in [1.165, 1.54) is 13.2 Å². The normalized spacial score (nSPS) is 12.4. The van der Waals surface area contributed by atoms with Crippen LogP contribution in [-0.2, 0) is 7.05 Å². The van der Waals surface area contributed by atoms with Gasteiger partial charge in [-0.2, -0.15) is 0 Å². The quantitative estimate of drug-likeness (QED) is 0.864. The molecule has 114 valence electrons. The average Bonchev–Trinajstić information content (AvgIpc) is 2.81. The van der Waals surface area contributed by atoms with Crippen LogP contribution in [0.25, 0.3) is 0 Å². The first kappa shape index (κ1) is 15.9. The van der Waals surface area contributed by atoms with Crippen molar-refractivity contribution in [3.05, 3.63) is 39.9 Å². The summed E-state index contributed by atoms with van der Waals surface area (Å²) < 4.78 is 21.0. The second kappa shape index (κ2) is 7.00. The van der Waals surface area contributed by atoms with Crippen molar-refractivity contribution in [2.75, 3.05) is 13.7 Å². The Hall–Kier alpha value is -1.47. The molecule has 2 rings (SSSR count). The molecule has 0 aliphatic rings. The van der Waals surface area contributed by atoms with Gasteiger partial charge < -0.3 is 10.1 Å². The van der Waals surface area contributed by atoms with E-state index in [1.54, 1.807) is 16.8 Å². The first-order chi connectivity index (χ1) is 10.1. The molecule has 0 amide bonds. The van der Waals surface area contributed by atoms with Crippen LogP contribution in [0.4, 0.5) is 4.39 Å². The monoisotopic (exact) mass is 356 g/mol. The zero-order chi connectivity index (χ0) is 15.4. The highest BCUT2D eigenvalue weighted by molar-refractivity contribution is 9.10. The van der Waals surface area contributed by atoms with E-state index in [2.05, 4.69) is 38.5 Å². The summed E-state index contributed by atoms with van der Waals surface area (Å²) >= 11 is 3.42. The third-order valence-electron chi connectivity index (χ3n) is 3.21. The van der Waals surface area contributed by atoms with E-state index in [-0.39, 0.29) is 17.6 Å². The smallest absolute Gasteiger partial charge is 0.165 e. The number of methoxy groups -OCH3 is 1. The maximum atomic E-state index is 13.6. The Balaban J connectivity index is 2.45. The van der Waals surface area contributed by atoms with Gasteiger partial charge in [-0.1, -0.05) is 18.2 Å². The van der Waals surface area contributed by atoms with Crippen LogP contribution in [0.5, 0.6) is 5.75 Å². The van der Waals surface area contributed by atoms with Crippen LogP contribution >= 0.6 is 15.9 Å². The van der Waals surface area contributed by atoms with Crippen LogP contribution in [0.1, 0.15) is 30.6 Å². The van der Waals surface area contributed by atoms with Crippen LogP contribution in [0.2, 0.25) is 0 Å². The molecular weight excluding hydrogens is 339 g/mol. The molecule has 1 aromatic carbocycles. The molecule has 1 heterocycles. The van der Waals surface area contributed by atoms with Gasteiger partial charge in [0.1, 0.15) is 0 Å². The molecule has 0 saturated carbocycles. The number of hydrogen-bond acceptors (Lipinski definition) is 4. The van der Waals surface area contributed by atoms with Crippen molar-refractivity contribution < 1.29 is 9.13 Å². The van der Waals surface area contributed by atoms with Crippen molar-refractivity contribution in [2.45, 2.75) is 19.4 Å². The number of benzene rings is 1. The van der Waals surface area contributed by atoms with E-state index < -0.39 is 0 Å². The molecule has 0 aliphatic carbocycles. The van der Waals surface area contributed by atoms with E-state index in [9.17, 15) is 4.39 Å². The van der Waals surface area contributed by atoms with E-state index in [0.717, 1.165) is 24.2 Å². The Labute approximate surface area is 131 Å². The summed E-state index contributed by atoms with van der Waals surface area (Å²) in [5, 5.41) is 11.5. The molecule has 0 radical (unpaired) electrons. The molecule has 0 fully saturated rings. The number of aromatic nitrogens is 3. The molecule has 21 heavy (non-hydrogen) atoms. The standard InChI is InChI=1S/C14H18BrFN4O/c1-4-7-17-12(13-14(15)18-19-20(13)2)9-5-6-10(16)11(8-9)21-3/h5-6,8,12,17H,4,7H2,1-3H3. The minimum Gasteiger partial charge on any atom is -0.494 e. The number of nitrogens with zero attached hydrogens (tertiary/aromatic N) is 3. The van der Waals surface area contributed by atoms with Gasteiger partial charge in [0, 0.05) is 7.05 Å². The SMILES string of the molecule is CCCNC(c1ccc(F)c(OC)c1)c1c(Br)nnn1C. The number of hydrogen-bond donors (Lipinski definition) is 1. The number of ether oxygens (including phenoxy) is 1. The fourth-order valence-electron chi connectivity index (χ4n) is 2.16. The summed E-state index contributed by atoms with van der Waals surface area (Å²) in [6.07, 6.45) is 0.984. The maximum absolute atomic E-state index is 13.6. The van der Waals surface area contributed by atoms with Gasteiger partial charge in [0.25, 0.3) is 0 Å². The minimum absolute atomic E-state index is 0.145. The molecule has 1 atom stereocenters. The van der Waals surface area contributed by atoms with Crippen LogP contribution in [0.3, 0.4) is 0 Å². The second-order valence-corrected chi connectivity index (χ2v) is 5.42. The summed E-state index contributed by atoms with van der Waals surface area (Å²) in [6, 6.07) is 4.70. The molecule has 0 saturated heterocycles. The van der Waals surface area contributed by atoms with E-state index in [1.807, 2.05) is 7.05 Å². The van der Waals surface area contributed by atoms with Gasteiger partial charge >= 0.3 is 0 Å². The summed E-state index contributed by atoms with van der Waals surface area (Å²) in [7, 11) is 3.28. The fourth-order valence-corrected chi connectivity index (χ4v) is 2.72. The molecule has 1 aromatic heterocycles. The highest BCUT2D eigenvalue weighted by atomic mass is 79.9. The maximum Gasteiger partial charge on any atom is 0.165 e. The lowest BCUT2D eigenvalue weighted by atomic mass is 10.0. The summed E-state index contributed by atoms with van der Waals surface area (Å²) in [5.74, 6) is -0.153. The highest BCUT2D eigenvalue weighted by Gasteiger charge is 2.22. The first-order valence-corrected chi connectivity index (χ1v) is 7.49. The van der Waals surface area contributed by atoms with Gasteiger partial charge in [-0.25, -0.2) is 9.07 Å². The van der Waals surface area contributed by atoms with Crippen LogP contribution in [-0.4, -0.2) is 28.6 Å². The zero-order valence-electron chi connectivity index (χ0n) is 12.2. The molecule has 1 unspecified atom stereocenters. The van der Waals surface area contributed by atoms with Crippen molar-refractivity contribution >= 4 is 15.9 Å². The van der Waals surface area contributed by atoms with E-state index >= 15 is 0 Å². The first-order valence-electron chi connectivity index (χ1n) is 6.70. The Morgan fingerprint density at radius 3 is 2.81 bits per heavy atom. The number of rotatable bonds is 6. The Bertz CT molecular complexity index is 598. The largest absolute Gasteiger partial charge is 0.494 e. The van der Waals surface area contributed by atoms with Crippen LogP contribution in [0, 0.1) is 5.82 Å². The minimum atomic E-state index is -0.377.